The van der Waals surface area contributed by atoms with E-state index in [0.717, 1.165) is 40.3 Å². The van der Waals surface area contributed by atoms with Gasteiger partial charge in [0.15, 0.2) is 0 Å². The fourth-order valence-electron chi connectivity index (χ4n) is 4.21. The standard InChI is InChI=1S/C27H30ClFN6/c1-5-26(21-8-9-22(28)23(29)15-21)35-13-11-20(14-18(35)2)24(10-12-30-3)31-17-32-25-16-34(4)33-27(25)19-6-7-19/h8-16,19,26,32H,2-3,5-7,17H2,1,4H3/b12-10-,31-24?. The number of aryl methyl sites for hydroxylation is 1. The molecule has 2 heterocycles. The van der Waals surface area contributed by atoms with Gasteiger partial charge in [0.05, 0.1) is 28.2 Å². The molecule has 35 heavy (non-hydrogen) atoms. The van der Waals surface area contributed by atoms with Crippen LogP contribution in [0.5, 0.6) is 0 Å². The van der Waals surface area contributed by atoms with E-state index < -0.39 is 5.82 Å². The summed E-state index contributed by atoms with van der Waals surface area (Å²) >= 11 is 5.88. The Hall–Kier alpha value is -3.45. The number of benzene rings is 1. The summed E-state index contributed by atoms with van der Waals surface area (Å²) in [6.07, 6.45) is 14.5. The average molecular weight is 493 g/mol. The van der Waals surface area contributed by atoms with E-state index in [0.29, 0.717) is 12.6 Å². The van der Waals surface area contributed by atoms with Gasteiger partial charge in [-0.1, -0.05) is 31.2 Å². The first-order valence-corrected chi connectivity index (χ1v) is 12.1. The summed E-state index contributed by atoms with van der Waals surface area (Å²) in [5.41, 5.74) is 5.41. The minimum Gasteiger partial charge on any atom is -0.363 e. The van der Waals surface area contributed by atoms with E-state index in [1.807, 2.05) is 53.3 Å². The quantitative estimate of drug-likeness (QED) is 0.383. The fraction of sp³-hybridized carbons (Fsp3) is 0.296. The number of nitrogens with one attached hydrogen (secondary N) is 1. The van der Waals surface area contributed by atoms with Gasteiger partial charge in [-0.2, -0.15) is 5.10 Å². The Morgan fingerprint density at radius 1 is 1.40 bits per heavy atom. The van der Waals surface area contributed by atoms with Gasteiger partial charge in [-0.05, 0) is 61.9 Å². The molecule has 0 spiro atoms. The van der Waals surface area contributed by atoms with E-state index in [1.165, 1.54) is 18.9 Å². The molecule has 0 amide bonds. The summed E-state index contributed by atoms with van der Waals surface area (Å²) in [4.78, 5) is 10.6. The molecule has 1 fully saturated rings. The largest absolute Gasteiger partial charge is 0.363 e. The third kappa shape index (κ3) is 5.80. The molecule has 1 unspecified atom stereocenters. The monoisotopic (exact) mass is 492 g/mol. The number of aromatic nitrogens is 2. The third-order valence-corrected chi connectivity index (χ3v) is 6.40. The van der Waals surface area contributed by atoms with Crippen molar-refractivity contribution in [3.05, 3.63) is 95.0 Å². The zero-order chi connectivity index (χ0) is 24.9. The predicted molar refractivity (Wildman–Crippen MR) is 142 cm³/mol. The lowest BCUT2D eigenvalue weighted by atomic mass is 9.99. The normalized spacial score (nSPS) is 17.1. The molecule has 6 nitrogen and oxygen atoms in total. The highest BCUT2D eigenvalue weighted by Crippen LogP contribution is 2.42. The van der Waals surface area contributed by atoms with E-state index in [9.17, 15) is 4.39 Å². The van der Waals surface area contributed by atoms with Crippen LogP contribution in [-0.2, 0) is 7.05 Å². The SMILES string of the molecule is C=N/C=C\C(=NCNc1cn(C)nc1C1CC1)C1=CC(=C)N(C(CC)c2ccc(Cl)c(F)c2)C=C1. The second-order valence-corrected chi connectivity index (χ2v) is 9.07. The molecule has 1 aliphatic carbocycles. The van der Waals surface area contributed by atoms with E-state index in [4.69, 9.17) is 16.6 Å². The van der Waals surface area contributed by atoms with Gasteiger partial charge in [0, 0.05) is 42.8 Å². The van der Waals surface area contributed by atoms with E-state index in [1.54, 1.807) is 12.3 Å². The highest BCUT2D eigenvalue weighted by Gasteiger charge is 2.29. The summed E-state index contributed by atoms with van der Waals surface area (Å²) in [6.45, 7) is 10.2. The molecule has 1 N–H and O–H groups in total. The number of hydrogen-bond donors (Lipinski definition) is 1. The van der Waals surface area contributed by atoms with Gasteiger partial charge in [0.1, 0.15) is 12.5 Å². The summed E-state index contributed by atoms with van der Waals surface area (Å²) in [5, 5.41) is 8.10. The molecule has 0 bridgehead atoms. The highest BCUT2D eigenvalue weighted by atomic mass is 35.5. The molecule has 2 aromatic rings. The Morgan fingerprint density at radius 3 is 2.86 bits per heavy atom. The minimum atomic E-state index is -0.423. The van der Waals surface area contributed by atoms with E-state index in [2.05, 4.69) is 35.6 Å². The van der Waals surface area contributed by atoms with Gasteiger partial charge in [0.25, 0.3) is 0 Å². The Labute approximate surface area is 210 Å². The summed E-state index contributed by atoms with van der Waals surface area (Å²) < 4.78 is 15.9. The van der Waals surface area contributed by atoms with Crippen LogP contribution in [0, 0.1) is 5.82 Å². The van der Waals surface area contributed by atoms with Crippen molar-refractivity contribution in [2.24, 2.45) is 17.0 Å². The molecule has 1 aromatic carbocycles. The molecule has 8 heteroatoms. The van der Waals surface area contributed by atoms with Crippen LogP contribution in [0.1, 0.15) is 49.4 Å². The summed E-state index contributed by atoms with van der Waals surface area (Å²) in [6, 6.07) is 4.86. The molecule has 1 aromatic heterocycles. The molecule has 1 aliphatic heterocycles. The Balaban J connectivity index is 1.51. The number of halogens is 2. The fourth-order valence-corrected chi connectivity index (χ4v) is 4.33. The average Bonchev–Trinajstić information content (AvgIpc) is 3.62. The number of nitrogens with zero attached hydrogens (tertiary/aromatic N) is 5. The predicted octanol–water partition coefficient (Wildman–Crippen LogP) is 6.54. The number of hydrogen-bond acceptors (Lipinski definition) is 5. The maximum Gasteiger partial charge on any atom is 0.142 e. The molecule has 0 saturated heterocycles. The minimum absolute atomic E-state index is 0.0674. The molecular weight excluding hydrogens is 463 g/mol. The molecule has 1 atom stereocenters. The van der Waals surface area contributed by atoms with Gasteiger partial charge in [-0.15, -0.1) is 0 Å². The zero-order valence-electron chi connectivity index (χ0n) is 20.1. The number of anilines is 1. The van der Waals surface area contributed by atoms with Gasteiger partial charge >= 0.3 is 0 Å². The van der Waals surface area contributed by atoms with Crippen molar-refractivity contribution < 1.29 is 4.39 Å². The molecule has 0 radical (unpaired) electrons. The van der Waals surface area contributed by atoms with Crippen molar-refractivity contribution in [2.45, 2.75) is 38.1 Å². The molecule has 182 valence electrons. The van der Waals surface area contributed by atoms with Crippen molar-refractivity contribution >= 4 is 29.7 Å². The first-order valence-electron chi connectivity index (χ1n) is 11.7. The van der Waals surface area contributed by atoms with Crippen molar-refractivity contribution in [1.82, 2.24) is 14.7 Å². The van der Waals surface area contributed by atoms with Crippen LogP contribution in [0.3, 0.4) is 0 Å². The van der Waals surface area contributed by atoms with Crippen molar-refractivity contribution in [1.29, 1.82) is 0 Å². The number of rotatable bonds is 10. The Bertz CT molecular complexity index is 1230. The first kappa shape index (κ1) is 24.7. The van der Waals surface area contributed by atoms with Gasteiger partial charge in [-0.25, -0.2) is 4.39 Å². The number of allylic oxidation sites excluding steroid dienone is 4. The Kier molecular flexibility index (Phi) is 7.66. The van der Waals surface area contributed by atoms with Crippen LogP contribution < -0.4 is 5.32 Å². The van der Waals surface area contributed by atoms with Gasteiger partial charge in [0.2, 0.25) is 0 Å². The van der Waals surface area contributed by atoms with Crippen LogP contribution in [0.25, 0.3) is 0 Å². The maximum atomic E-state index is 14.1. The molecule has 1 saturated carbocycles. The van der Waals surface area contributed by atoms with Crippen LogP contribution in [0.4, 0.5) is 10.1 Å². The molecule has 2 aliphatic rings. The van der Waals surface area contributed by atoms with E-state index in [-0.39, 0.29) is 11.1 Å². The van der Waals surface area contributed by atoms with Crippen LogP contribution in [-0.4, -0.2) is 33.8 Å². The lowest BCUT2D eigenvalue weighted by Crippen LogP contribution is -2.24. The maximum absolute atomic E-state index is 14.1. The van der Waals surface area contributed by atoms with Crippen molar-refractivity contribution in [3.8, 4) is 0 Å². The summed E-state index contributed by atoms with van der Waals surface area (Å²) in [5.74, 6) is 0.124. The zero-order valence-corrected chi connectivity index (χ0v) is 20.8. The highest BCUT2D eigenvalue weighted by molar-refractivity contribution is 6.30. The van der Waals surface area contributed by atoms with Crippen LogP contribution in [0.2, 0.25) is 5.02 Å². The number of aliphatic imine (C=N–C) groups is 2. The Morgan fingerprint density at radius 2 is 2.20 bits per heavy atom. The van der Waals surface area contributed by atoms with Crippen molar-refractivity contribution in [2.75, 3.05) is 12.0 Å². The second kappa shape index (κ2) is 10.9. The van der Waals surface area contributed by atoms with Gasteiger partial charge in [-0.3, -0.25) is 14.7 Å². The lowest BCUT2D eigenvalue weighted by molar-refractivity contribution is 0.343. The summed E-state index contributed by atoms with van der Waals surface area (Å²) in [7, 11) is 1.93. The van der Waals surface area contributed by atoms with Crippen LogP contribution >= 0.6 is 11.6 Å². The first-order chi connectivity index (χ1) is 16.9. The smallest absolute Gasteiger partial charge is 0.142 e. The lowest BCUT2D eigenvalue weighted by Gasteiger charge is -2.33. The molecular formula is C27H30ClFN6. The van der Waals surface area contributed by atoms with Crippen LogP contribution in [0.15, 0.2) is 82.9 Å². The third-order valence-electron chi connectivity index (χ3n) is 6.09. The topological polar surface area (TPSA) is 57.8 Å². The van der Waals surface area contributed by atoms with Gasteiger partial charge < -0.3 is 10.2 Å². The second-order valence-electron chi connectivity index (χ2n) is 8.66. The van der Waals surface area contributed by atoms with Crippen molar-refractivity contribution in [3.63, 3.8) is 0 Å². The molecule has 4 rings (SSSR count). The van der Waals surface area contributed by atoms with E-state index >= 15 is 0 Å².